The van der Waals surface area contributed by atoms with Crippen LogP contribution in [0.4, 0.5) is 0 Å². The fourth-order valence-electron chi connectivity index (χ4n) is 1.14. The van der Waals surface area contributed by atoms with Crippen molar-refractivity contribution in [2.24, 2.45) is 0 Å². The lowest BCUT2D eigenvalue weighted by atomic mass is 10.1. The van der Waals surface area contributed by atoms with Crippen molar-refractivity contribution in [2.45, 2.75) is 26.8 Å². The van der Waals surface area contributed by atoms with E-state index in [1.165, 1.54) is 11.1 Å². The Balaban J connectivity index is 0.000000583. The Labute approximate surface area is 94.4 Å². The van der Waals surface area contributed by atoms with Crippen LogP contribution in [0.2, 0.25) is 0 Å². The molecule has 1 aromatic rings. The van der Waals surface area contributed by atoms with Gasteiger partial charge in [0.25, 0.3) is 0 Å². The van der Waals surface area contributed by atoms with Gasteiger partial charge in [0.1, 0.15) is 0 Å². The predicted octanol–water partition coefficient (Wildman–Crippen LogP) is 3.81. The van der Waals surface area contributed by atoms with Crippen molar-refractivity contribution in [1.29, 1.82) is 0 Å². The first-order chi connectivity index (χ1) is 7.02. The summed E-state index contributed by atoms with van der Waals surface area (Å²) in [5.74, 6) is 0. The number of benzene rings is 1. The summed E-state index contributed by atoms with van der Waals surface area (Å²) in [4.78, 5) is 2.21. The zero-order valence-electron chi connectivity index (χ0n) is 10.6. The molecule has 0 N–H and O–H groups in total. The highest BCUT2D eigenvalue weighted by atomic mass is 15.1. The third kappa shape index (κ3) is 5.38. The number of nitrogens with zero attached hydrogens (tertiary/aromatic N) is 1. The molecule has 0 aliphatic heterocycles. The molecule has 1 rings (SSSR count). The molecule has 0 saturated heterocycles. The fourth-order valence-corrected chi connectivity index (χ4v) is 1.14. The van der Waals surface area contributed by atoms with E-state index in [-0.39, 0.29) is 0 Å². The van der Waals surface area contributed by atoms with Gasteiger partial charge in [-0.05, 0) is 40.4 Å². The van der Waals surface area contributed by atoms with E-state index in [1.807, 2.05) is 6.92 Å². The van der Waals surface area contributed by atoms with Gasteiger partial charge in [-0.3, -0.25) is 0 Å². The molecular formula is C14H23N. The zero-order chi connectivity index (χ0) is 11.8. The van der Waals surface area contributed by atoms with Crippen LogP contribution < -0.4 is 0 Å². The maximum atomic E-state index is 3.36. The number of rotatable bonds is 2. The van der Waals surface area contributed by atoms with E-state index in [1.54, 1.807) is 6.08 Å². The molecule has 1 aromatic carbocycles. The Kier molecular flexibility index (Phi) is 6.72. The molecule has 0 aromatic heterocycles. The van der Waals surface area contributed by atoms with Gasteiger partial charge in [0, 0.05) is 6.04 Å². The summed E-state index contributed by atoms with van der Waals surface area (Å²) in [6.45, 7) is 9.58. The fraction of sp³-hybridized carbons (Fsp3) is 0.429. The Morgan fingerprint density at radius 3 is 1.93 bits per heavy atom. The van der Waals surface area contributed by atoms with Crippen molar-refractivity contribution < 1.29 is 0 Å². The number of allylic oxidation sites excluding steroid dienone is 1. The third-order valence-corrected chi connectivity index (χ3v) is 2.33. The van der Waals surface area contributed by atoms with E-state index in [0.717, 1.165) is 0 Å². The Morgan fingerprint density at radius 1 is 1.20 bits per heavy atom. The number of aryl methyl sites for hydroxylation is 1. The summed E-state index contributed by atoms with van der Waals surface area (Å²) in [5.41, 5.74) is 2.70. The lowest BCUT2D eigenvalue weighted by Crippen LogP contribution is -2.16. The van der Waals surface area contributed by atoms with E-state index in [4.69, 9.17) is 0 Å². The van der Waals surface area contributed by atoms with Crippen LogP contribution in [0.3, 0.4) is 0 Å². The van der Waals surface area contributed by atoms with Crippen LogP contribution in [-0.4, -0.2) is 19.0 Å². The average Bonchev–Trinajstić information content (AvgIpc) is 2.19. The van der Waals surface area contributed by atoms with Crippen LogP contribution >= 0.6 is 0 Å². The smallest absolute Gasteiger partial charge is 0.0313 e. The summed E-state index contributed by atoms with van der Waals surface area (Å²) in [6.07, 6.45) is 1.75. The Bertz CT molecular complexity index is 272. The zero-order valence-corrected chi connectivity index (χ0v) is 10.6. The molecule has 0 fully saturated rings. The maximum Gasteiger partial charge on any atom is 0.0313 e. The Hall–Kier alpha value is -1.08. The van der Waals surface area contributed by atoms with Crippen LogP contribution in [0, 0.1) is 6.92 Å². The predicted molar refractivity (Wildman–Crippen MR) is 69.2 cm³/mol. The Morgan fingerprint density at radius 2 is 1.60 bits per heavy atom. The molecule has 0 aliphatic rings. The second-order valence-corrected chi connectivity index (χ2v) is 3.96. The molecule has 0 saturated carbocycles. The molecule has 0 radical (unpaired) electrons. The molecule has 0 heterocycles. The lowest BCUT2D eigenvalue weighted by molar-refractivity contribution is 0.321. The van der Waals surface area contributed by atoms with Gasteiger partial charge in [0.15, 0.2) is 0 Å². The van der Waals surface area contributed by atoms with Gasteiger partial charge in [-0.1, -0.05) is 35.9 Å². The van der Waals surface area contributed by atoms with Gasteiger partial charge >= 0.3 is 0 Å². The minimum Gasteiger partial charge on any atom is -0.303 e. The van der Waals surface area contributed by atoms with Crippen LogP contribution in [-0.2, 0) is 0 Å². The molecule has 84 valence electrons. The molecule has 1 nitrogen and oxygen atoms in total. The van der Waals surface area contributed by atoms with E-state index in [2.05, 4.69) is 63.7 Å². The van der Waals surface area contributed by atoms with Crippen molar-refractivity contribution in [3.8, 4) is 0 Å². The highest BCUT2D eigenvalue weighted by Crippen LogP contribution is 2.16. The lowest BCUT2D eigenvalue weighted by Gasteiger charge is -2.19. The quantitative estimate of drug-likeness (QED) is 0.664. The summed E-state index contributed by atoms with van der Waals surface area (Å²) in [7, 11) is 4.20. The van der Waals surface area contributed by atoms with E-state index in [9.17, 15) is 0 Å². The van der Waals surface area contributed by atoms with E-state index < -0.39 is 0 Å². The van der Waals surface area contributed by atoms with Gasteiger partial charge in [0.05, 0.1) is 0 Å². The first-order valence-corrected chi connectivity index (χ1v) is 5.33. The molecule has 1 atom stereocenters. The molecule has 1 unspecified atom stereocenters. The molecular weight excluding hydrogens is 182 g/mol. The molecule has 0 spiro atoms. The van der Waals surface area contributed by atoms with Crippen LogP contribution in [0.15, 0.2) is 36.9 Å². The maximum absolute atomic E-state index is 3.36. The largest absolute Gasteiger partial charge is 0.303 e. The van der Waals surface area contributed by atoms with Gasteiger partial charge in [-0.25, -0.2) is 0 Å². The van der Waals surface area contributed by atoms with Crippen LogP contribution in [0.25, 0.3) is 0 Å². The SMILES string of the molecule is C=CC.Cc1ccc(C(C)N(C)C)cc1. The summed E-state index contributed by atoms with van der Waals surface area (Å²) in [5, 5.41) is 0. The summed E-state index contributed by atoms with van der Waals surface area (Å²) in [6, 6.07) is 9.22. The van der Waals surface area contributed by atoms with Gasteiger partial charge < -0.3 is 4.90 Å². The van der Waals surface area contributed by atoms with Crippen molar-refractivity contribution in [3.63, 3.8) is 0 Å². The molecule has 0 amide bonds. The molecule has 1 heteroatoms. The molecule has 0 bridgehead atoms. The third-order valence-electron chi connectivity index (χ3n) is 2.33. The summed E-state index contributed by atoms with van der Waals surface area (Å²) < 4.78 is 0. The van der Waals surface area contributed by atoms with Crippen LogP contribution in [0.5, 0.6) is 0 Å². The van der Waals surface area contributed by atoms with Gasteiger partial charge in [-0.15, -0.1) is 6.58 Å². The van der Waals surface area contributed by atoms with Crippen LogP contribution in [0.1, 0.15) is 31.0 Å². The van der Waals surface area contributed by atoms with Crippen molar-refractivity contribution >= 4 is 0 Å². The van der Waals surface area contributed by atoms with Gasteiger partial charge in [0.2, 0.25) is 0 Å². The second-order valence-electron chi connectivity index (χ2n) is 3.96. The van der Waals surface area contributed by atoms with Crippen molar-refractivity contribution in [3.05, 3.63) is 48.0 Å². The number of hydrogen-bond acceptors (Lipinski definition) is 1. The first kappa shape index (κ1) is 13.9. The molecule has 0 aliphatic carbocycles. The summed E-state index contributed by atoms with van der Waals surface area (Å²) >= 11 is 0. The van der Waals surface area contributed by atoms with Crippen molar-refractivity contribution in [1.82, 2.24) is 4.90 Å². The monoisotopic (exact) mass is 205 g/mol. The highest BCUT2D eigenvalue weighted by Gasteiger charge is 2.05. The van der Waals surface area contributed by atoms with Gasteiger partial charge in [-0.2, -0.15) is 0 Å². The standard InChI is InChI=1S/C11H17N.C3H6/c1-9-5-7-11(8-6-9)10(2)12(3)4;1-3-2/h5-8,10H,1-4H3;3H,1H2,2H3. The second kappa shape index (κ2) is 7.24. The molecule has 15 heavy (non-hydrogen) atoms. The highest BCUT2D eigenvalue weighted by molar-refractivity contribution is 5.23. The minimum absolute atomic E-state index is 0.505. The number of hydrogen-bond donors (Lipinski definition) is 0. The average molecular weight is 205 g/mol. The normalized spacial score (nSPS) is 11.6. The van der Waals surface area contributed by atoms with E-state index in [0.29, 0.717) is 6.04 Å². The minimum atomic E-state index is 0.505. The van der Waals surface area contributed by atoms with E-state index >= 15 is 0 Å². The topological polar surface area (TPSA) is 3.24 Å². The van der Waals surface area contributed by atoms with Crippen molar-refractivity contribution in [2.75, 3.05) is 14.1 Å². The first-order valence-electron chi connectivity index (χ1n) is 5.33.